The van der Waals surface area contributed by atoms with Crippen molar-refractivity contribution in [3.8, 4) is 22.3 Å². The van der Waals surface area contributed by atoms with Crippen molar-refractivity contribution in [3.05, 3.63) is 109 Å². The first-order chi connectivity index (χ1) is 17.2. The Labute approximate surface area is 207 Å². The van der Waals surface area contributed by atoms with Crippen LogP contribution in [0.5, 0.6) is 0 Å². The van der Waals surface area contributed by atoms with Gasteiger partial charge < -0.3 is 9.47 Å². The number of hydrogen-bond acceptors (Lipinski definition) is 3. The monoisotopic (exact) mass is 458 g/mol. The summed E-state index contributed by atoms with van der Waals surface area (Å²) in [6.07, 6.45) is 2.91. The largest absolute Gasteiger partial charge is 0.375 e. The molecule has 0 bridgehead atoms. The van der Waals surface area contributed by atoms with Crippen molar-refractivity contribution >= 4 is 22.9 Å². The quantitative estimate of drug-likeness (QED) is 0.188. The standard InChI is InChI=1S/C31H30N4/c1-34(26-17-10-5-11-18-26)22-12-21-32-23-29-33-30-27(24-13-6-3-7-14-24)19-20-28(31(30)35(29)2)25-15-8-4-9-16-25/h3-11,13-20,23H,12,21-22H2,1-2H3/b32-23+. The first kappa shape index (κ1) is 22.6. The average Bonchev–Trinajstić information content (AvgIpc) is 3.25. The van der Waals surface area contributed by atoms with Crippen molar-refractivity contribution in [1.82, 2.24) is 9.55 Å². The molecule has 0 radical (unpaired) electrons. The first-order valence-electron chi connectivity index (χ1n) is 12.1. The molecule has 4 nitrogen and oxygen atoms in total. The number of imidazole rings is 1. The van der Waals surface area contributed by atoms with E-state index in [0.717, 1.165) is 41.9 Å². The Balaban J connectivity index is 1.43. The summed E-state index contributed by atoms with van der Waals surface area (Å²) < 4.78 is 2.17. The highest BCUT2D eigenvalue weighted by molar-refractivity contribution is 6.03. The minimum absolute atomic E-state index is 0.761. The fourth-order valence-electron chi connectivity index (χ4n) is 4.51. The smallest absolute Gasteiger partial charge is 0.151 e. The second-order valence-electron chi connectivity index (χ2n) is 8.76. The number of anilines is 1. The maximum atomic E-state index is 5.06. The van der Waals surface area contributed by atoms with E-state index in [4.69, 9.17) is 9.98 Å². The number of nitrogens with zero attached hydrogens (tertiary/aromatic N) is 4. The number of para-hydroxylation sites is 1. The summed E-state index contributed by atoms with van der Waals surface area (Å²) in [7, 11) is 4.21. The van der Waals surface area contributed by atoms with Gasteiger partial charge in [0.1, 0.15) is 0 Å². The SMILES string of the molecule is CN(CCC/N=C/c1nc2c(-c3ccccc3)ccc(-c3ccccc3)c2n1C)c1ccccc1. The Morgan fingerprint density at radius 3 is 2.00 bits per heavy atom. The van der Waals surface area contributed by atoms with Crippen LogP contribution >= 0.6 is 0 Å². The molecule has 0 amide bonds. The van der Waals surface area contributed by atoms with E-state index < -0.39 is 0 Å². The molecule has 5 aromatic rings. The molecule has 35 heavy (non-hydrogen) atoms. The van der Waals surface area contributed by atoms with E-state index in [9.17, 15) is 0 Å². The Kier molecular flexibility index (Phi) is 6.71. The number of rotatable bonds is 8. The molecule has 0 spiro atoms. The fourth-order valence-corrected chi connectivity index (χ4v) is 4.51. The highest BCUT2D eigenvalue weighted by Gasteiger charge is 2.16. The summed E-state index contributed by atoms with van der Waals surface area (Å²) in [5, 5.41) is 0. The average molecular weight is 459 g/mol. The van der Waals surface area contributed by atoms with Crippen LogP contribution in [0.25, 0.3) is 33.3 Å². The van der Waals surface area contributed by atoms with Gasteiger partial charge in [0.2, 0.25) is 0 Å². The summed E-state index contributed by atoms with van der Waals surface area (Å²) in [6, 6.07) is 35.9. The lowest BCUT2D eigenvalue weighted by atomic mass is 9.98. The van der Waals surface area contributed by atoms with Crippen molar-refractivity contribution in [2.24, 2.45) is 12.0 Å². The van der Waals surface area contributed by atoms with Gasteiger partial charge >= 0.3 is 0 Å². The Morgan fingerprint density at radius 2 is 1.34 bits per heavy atom. The molecule has 5 rings (SSSR count). The van der Waals surface area contributed by atoms with Gasteiger partial charge in [0.15, 0.2) is 5.82 Å². The number of hydrogen-bond donors (Lipinski definition) is 0. The van der Waals surface area contributed by atoms with Crippen molar-refractivity contribution in [1.29, 1.82) is 0 Å². The third-order valence-electron chi connectivity index (χ3n) is 6.41. The maximum Gasteiger partial charge on any atom is 0.151 e. The minimum atomic E-state index is 0.761. The molecule has 1 aromatic heterocycles. The molecule has 174 valence electrons. The Hall–Kier alpha value is -4.18. The molecule has 0 aliphatic heterocycles. The van der Waals surface area contributed by atoms with Crippen LogP contribution in [-0.2, 0) is 7.05 Å². The third kappa shape index (κ3) is 4.87. The number of aromatic nitrogens is 2. The number of aliphatic imine (C=N–C) groups is 1. The zero-order valence-corrected chi connectivity index (χ0v) is 20.3. The molecule has 4 heteroatoms. The van der Waals surface area contributed by atoms with Crippen molar-refractivity contribution in [3.63, 3.8) is 0 Å². The lowest BCUT2D eigenvalue weighted by Crippen LogP contribution is -2.18. The van der Waals surface area contributed by atoms with E-state index in [0.29, 0.717) is 0 Å². The first-order valence-corrected chi connectivity index (χ1v) is 12.1. The molecule has 0 atom stereocenters. The van der Waals surface area contributed by atoms with Crippen LogP contribution in [0.4, 0.5) is 5.69 Å². The Bertz CT molecular complexity index is 1420. The highest BCUT2D eigenvalue weighted by atomic mass is 15.1. The van der Waals surface area contributed by atoms with E-state index >= 15 is 0 Å². The topological polar surface area (TPSA) is 33.4 Å². The van der Waals surface area contributed by atoms with E-state index in [2.05, 4.69) is 115 Å². The lowest BCUT2D eigenvalue weighted by Gasteiger charge is -2.18. The zero-order chi connectivity index (χ0) is 24.0. The number of benzene rings is 4. The molecule has 1 heterocycles. The normalized spacial score (nSPS) is 11.4. The van der Waals surface area contributed by atoms with Crippen LogP contribution < -0.4 is 4.90 Å². The Morgan fingerprint density at radius 1 is 0.771 bits per heavy atom. The van der Waals surface area contributed by atoms with Gasteiger partial charge in [-0.1, -0.05) is 91.0 Å². The lowest BCUT2D eigenvalue weighted by molar-refractivity contribution is 0.797. The van der Waals surface area contributed by atoms with Gasteiger partial charge in [-0.05, 0) is 29.7 Å². The summed E-state index contributed by atoms with van der Waals surface area (Å²) >= 11 is 0. The molecule has 0 aliphatic carbocycles. The van der Waals surface area contributed by atoms with Crippen LogP contribution in [-0.4, -0.2) is 35.9 Å². The van der Waals surface area contributed by atoms with Gasteiger partial charge in [0.25, 0.3) is 0 Å². The molecule has 0 N–H and O–H groups in total. The van der Waals surface area contributed by atoms with Crippen molar-refractivity contribution < 1.29 is 0 Å². The van der Waals surface area contributed by atoms with E-state index in [1.54, 1.807) is 0 Å². The van der Waals surface area contributed by atoms with Crippen molar-refractivity contribution in [2.45, 2.75) is 6.42 Å². The predicted octanol–water partition coefficient (Wildman–Crippen LogP) is 6.85. The van der Waals surface area contributed by atoms with Gasteiger partial charge in [-0.15, -0.1) is 0 Å². The van der Waals surface area contributed by atoms with Crippen LogP contribution in [0.3, 0.4) is 0 Å². The molecule has 0 fully saturated rings. The minimum Gasteiger partial charge on any atom is -0.375 e. The fraction of sp³-hybridized carbons (Fsp3) is 0.161. The second-order valence-corrected chi connectivity index (χ2v) is 8.76. The van der Waals surface area contributed by atoms with E-state index in [1.165, 1.54) is 22.4 Å². The highest BCUT2D eigenvalue weighted by Crippen LogP contribution is 2.35. The van der Waals surface area contributed by atoms with Gasteiger partial charge in [0.05, 0.1) is 17.2 Å². The van der Waals surface area contributed by atoms with Gasteiger partial charge in [-0.25, -0.2) is 4.98 Å². The summed E-state index contributed by atoms with van der Waals surface area (Å²) in [6.45, 7) is 1.72. The van der Waals surface area contributed by atoms with Crippen molar-refractivity contribution in [2.75, 3.05) is 25.0 Å². The molecule has 0 aliphatic rings. The summed E-state index contributed by atoms with van der Waals surface area (Å²) in [5.41, 5.74) is 8.04. The summed E-state index contributed by atoms with van der Waals surface area (Å²) in [4.78, 5) is 12.1. The number of aryl methyl sites for hydroxylation is 1. The second kappa shape index (κ2) is 10.4. The van der Waals surface area contributed by atoms with Crippen LogP contribution in [0.15, 0.2) is 108 Å². The van der Waals surface area contributed by atoms with Gasteiger partial charge in [-0.2, -0.15) is 0 Å². The molecule has 0 saturated carbocycles. The van der Waals surface area contributed by atoms with Crippen LogP contribution in [0, 0.1) is 0 Å². The predicted molar refractivity (Wildman–Crippen MR) is 148 cm³/mol. The third-order valence-corrected chi connectivity index (χ3v) is 6.41. The van der Waals surface area contributed by atoms with E-state index in [1.807, 2.05) is 18.3 Å². The van der Waals surface area contributed by atoms with Gasteiger partial charge in [-0.3, -0.25) is 4.99 Å². The number of fused-ring (bicyclic) bond motifs is 1. The molecular formula is C31H30N4. The molecule has 0 unspecified atom stereocenters. The van der Waals surface area contributed by atoms with E-state index in [-0.39, 0.29) is 0 Å². The van der Waals surface area contributed by atoms with Gasteiger partial charge in [0, 0.05) is 44.0 Å². The molecule has 0 saturated heterocycles. The van der Waals surface area contributed by atoms with Crippen LogP contribution in [0.2, 0.25) is 0 Å². The maximum absolute atomic E-state index is 5.06. The zero-order valence-electron chi connectivity index (χ0n) is 20.3. The summed E-state index contributed by atoms with van der Waals surface area (Å²) in [5.74, 6) is 0.872. The van der Waals surface area contributed by atoms with Crippen LogP contribution in [0.1, 0.15) is 12.2 Å². The molecular weight excluding hydrogens is 428 g/mol. The molecule has 4 aromatic carbocycles.